The lowest BCUT2D eigenvalue weighted by Crippen LogP contribution is -2.36. The number of thiol groups is 1. The van der Waals surface area contributed by atoms with E-state index in [4.69, 9.17) is 0 Å². The number of unbranched alkanes of at least 4 members (excludes halogenated alkanes) is 1. The highest BCUT2D eigenvalue weighted by molar-refractivity contribution is 7.80. The van der Waals surface area contributed by atoms with Gasteiger partial charge in [-0.1, -0.05) is 32.1 Å². The standard InChI is InChI=1S/C17H30S/c18-11-2-1-4-13-7-10-17-15(12-13)9-8-14-5-3-6-16(14)17/h13-18H,1-12H2/t13?,14-,15-,16?,17?/m1/s1. The van der Waals surface area contributed by atoms with Crippen LogP contribution in [0.3, 0.4) is 0 Å². The van der Waals surface area contributed by atoms with E-state index < -0.39 is 0 Å². The summed E-state index contributed by atoms with van der Waals surface area (Å²) in [6.45, 7) is 0. The minimum absolute atomic E-state index is 1.07. The molecule has 18 heavy (non-hydrogen) atoms. The van der Waals surface area contributed by atoms with Crippen LogP contribution in [0.25, 0.3) is 0 Å². The number of fused-ring (bicyclic) bond motifs is 3. The molecule has 0 aromatic heterocycles. The summed E-state index contributed by atoms with van der Waals surface area (Å²) in [5, 5.41) is 0. The molecule has 3 aliphatic rings. The number of rotatable bonds is 4. The topological polar surface area (TPSA) is 0 Å². The second kappa shape index (κ2) is 6.20. The SMILES string of the molecule is SCCCCC1CCC2C3CCC[C@@H]3CC[C@@H]2C1. The molecule has 0 heterocycles. The predicted octanol–water partition coefficient (Wildman–Crippen LogP) is 5.33. The molecular weight excluding hydrogens is 236 g/mol. The van der Waals surface area contributed by atoms with Crippen molar-refractivity contribution >= 4 is 12.6 Å². The van der Waals surface area contributed by atoms with Gasteiger partial charge in [-0.3, -0.25) is 0 Å². The quantitative estimate of drug-likeness (QED) is 0.516. The molecule has 3 rings (SSSR count). The van der Waals surface area contributed by atoms with E-state index in [9.17, 15) is 0 Å². The van der Waals surface area contributed by atoms with Crippen LogP contribution in [0.2, 0.25) is 0 Å². The molecule has 1 heteroatoms. The molecule has 0 saturated heterocycles. The van der Waals surface area contributed by atoms with Crippen LogP contribution >= 0.6 is 12.6 Å². The largest absolute Gasteiger partial charge is 0.179 e. The Labute approximate surface area is 119 Å². The van der Waals surface area contributed by atoms with Gasteiger partial charge in [0.25, 0.3) is 0 Å². The summed E-state index contributed by atoms with van der Waals surface area (Å²) in [6.07, 6.45) is 16.8. The fourth-order valence-corrected chi connectivity index (χ4v) is 5.73. The Balaban J connectivity index is 1.51. The van der Waals surface area contributed by atoms with E-state index in [0.717, 1.165) is 35.3 Å². The Hall–Kier alpha value is 0.350. The van der Waals surface area contributed by atoms with Crippen LogP contribution in [-0.4, -0.2) is 5.75 Å². The van der Waals surface area contributed by atoms with Gasteiger partial charge < -0.3 is 0 Å². The van der Waals surface area contributed by atoms with Gasteiger partial charge >= 0.3 is 0 Å². The van der Waals surface area contributed by atoms with Gasteiger partial charge in [0.1, 0.15) is 0 Å². The van der Waals surface area contributed by atoms with E-state index >= 15 is 0 Å². The third-order valence-corrected chi connectivity index (χ3v) is 6.66. The van der Waals surface area contributed by atoms with E-state index in [1.54, 1.807) is 51.4 Å². The van der Waals surface area contributed by atoms with Crippen molar-refractivity contribution < 1.29 is 0 Å². The normalized spacial score (nSPS) is 43.5. The Morgan fingerprint density at radius 3 is 2.50 bits per heavy atom. The van der Waals surface area contributed by atoms with Gasteiger partial charge in [-0.05, 0) is 73.9 Å². The summed E-state index contributed by atoms with van der Waals surface area (Å²) in [7, 11) is 0. The van der Waals surface area contributed by atoms with Gasteiger partial charge in [0.15, 0.2) is 0 Å². The molecule has 0 radical (unpaired) electrons. The smallest absolute Gasteiger partial charge is 0.00979 e. The monoisotopic (exact) mass is 266 g/mol. The van der Waals surface area contributed by atoms with Crippen LogP contribution in [0, 0.1) is 29.6 Å². The van der Waals surface area contributed by atoms with Crippen molar-refractivity contribution in [2.45, 2.75) is 70.6 Å². The predicted molar refractivity (Wildman–Crippen MR) is 82.1 cm³/mol. The Kier molecular flexibility index (Phi) is 4.59. The average Bonchev–Trinajstić information content (AvgIpc) is 2.87. The molecule has 0 aliphatic heterocycles. The molecule has 0 aromatic carbocycles. The Morgan fingerprint density at radius 1 is 0.778 bits per heavy atom. The van der Waals surface area contributed by atoms with Crippen molar-refractivity contribution in [3.05, 3.63) is 0 Å². The van der Waals surface area contributed by atoms with E-state index in [0.29, 0.717) is 0 Å². The summed E-state index contributed by atoms with van der Waals surface area (Å²) < 4.78 is 0. The van der Waals surface area contributed by atoms with Gasteiger partial charge in [-0.2, -0.15) is 12.6 Å². The van der Waals surface area contributed by atoms with Crippen LogP contribution in [0.4, 0.5) is 0 Å². The second-order valence-electron chi connectivity index (χ2n) is 7.25. The molecule has 5 atom stereocenters. The van der Waals surface area contributed by atoms with E-state index in [1.165, 1.54) is 19.3 Å². The second-order valence-corrected chi connectivity index (χ2v) is 7.70. The summed E-state index contributed by atoms with van der Waals surface area (Å²) in [6, 6.07) is 0. The summed E-state index contributed by atoms with van der Waals surface area (Å²) in [5.41, 5.74) is 0. The van der Waals surface area contributed by atoms with Crippen LogP contribution in [0.1, 0.15) is 70.6 Å². The van der Waals surface area contributed by atoms with Crippen molar-refractivity contribution in [2.24, 2.45) is 29.6 Å². The van der Waals surface area contributed by atoms with E-state index in [-0.39, 0.29) is 0 Å². The van der Waals surface area contributed by atoms with Crippen molar-refractivity contribution in [3.63, 3.8) is 0 Å². The zero-order valence-corrected chi connectivity index (χ0v) is 12.7. The molecular formula is C17H30S. The van der Waals surface area contributed by atoms with Gasteiger partial charge in [-0.25, -0.2) is 0 Å². The van der Waals surface area contributed by atoms with E-state index in [2.05, 4.69) is 12.6 Å². The van der Waals surface area contributed by atoms with Crippen LogP contribution in [-0.2, 0) is 0 Å². The molecule has 0 aromatic rings. The number of hydrogen-bond acceptors (Lipinski definition) is 1. The minimum Gasteiger partial charge on any atom is -0.179 e. The first-order chi connectivity index (χ1) is 8.88. The Bertz CT molecular complexity index is 262. The maximum absolute atomic E-state index is 4.33. The molecule has 3 unspecified atom stereocenters. The first-order valence-corrected chi connectivity index (χ1v) is 9.12. The fraction of sp³-hybridized carbons (Fsp3) is 1.00. The van der Waals surface area contributed by atoms with Crippen molar-refractivity contribution in [2.75, 3.05) is 5.75 Å². The highest BCUT2D eigenvalue weighted by atomic mass is 32.1. The number of hydrogen-bond donors (Lipinski definition) is 1. The van der Waals surface area contributed by atoms with Crippen molar-refractivity contribution in [1.29, 1.82) is 0 Å². The van der Waals surface area contributed by atoms with Crippen LogP contribution in [0.15, 0.2) is 0 Å². The van der Waals surface area contributed by atoms with Gasteiger partial charge in [0.2, 0.25) is 0 Å². The van der Waals surface area contributed by atoms with Crippen molar-refractivity contribution in [1.82, 2.24) is 0 Å². The van der Waals surface area contributed by atoms with Gasteiger partial charge in [-0.15, -0.1) is 0 Å². The molecule has 0 nitrogen and oxygen atoms in total. The summed E-state index contributed by atoms with van der Waals surface area (Å²) >= 11 is 4.33. The first kappa shape index (κ1) is 13.3. The zero-order valence-electron chi connectivity index (χ0n) is 11.8. The molecule has 3 aliphatic carbocycles. The zero-order chi connectivity index (χ0) is 12.4. The van der Waals surface area contributed by atoms with Crippen LogP contribution in [0.5, 0.6) is 0 Å². The molecule has 0 bridgehead atoms. The summed E-state index contributed by atoms with van der Waals surface area (Å²) in [5.74, 6) is 6.73. The average molecular weight is 266 g/mol. The fourth-order valence-electron chi connectivity index (χ4n) is 5.50. The lowest BCUT2D eigenvalue weighted by molar-refractivity contribution is 0.0474. The van der Waals surface area contributed by atoms with Crippen molar-refractivity contribution in [3.8, 4) is 0 Å². The molecule has 3 fully saturated rings. The van der Waals surface area contributed by atoms with Crippen LogP contribution < -0.4 is 0 Å². The Morgan fingerprint density at radius 2 is 1.61 bits per heavy atom. The molecule has 3 saturated carbocycles. The third-order valence-electron chi connectivity index (χ3n) is 6.35. The van der Waals surface area contributed by atoms with E-state index in [1.807, 2.05) is 0 Å². The summed E-state index contributed by atoms with van der Waals surface area (Å²) in [4.78, 5) is 0. The highest BCUT2D eigenvalue weighted by Crippen LogP contribution is 2.53. The molecule has 104 valence electrons. The molecule has 0 N–H and O–H groups in total. The lowest BCUT2D eigenvalue weighted by atomic mass is 9.60. The molecule has 0 spiro atoms. The highest BCUT2D eigenvalue weighted by Gasteiger charge is 2.43. The van der Waals surface area contributed by atoms with Gasteiger partial charge in [0, 0.05) is 0 Å². The third kappa shape index (κ3) is 2.76. The van der Waals surface area contributed by atoms with Gasteiger partial charge in [0.05, 0.1) is 0 Å². The minimum atomic E-state index is 1.07. The lowest BCUT2D eigenvalue weighted by Gasteiger charge is -2.45. The molecule has 0 amide bonds. The first-order valence-electron chi connectivity index (χ1n) is 8.49. The maximum Gasteiger partial charge on any atom is -0.00979 e. The maximum atomic E-state index is 4.33.